The van der Waals surface area contributed by atoms with Crippen molar-refractivity contribution < 1.29 is 9.90 Å². The monoisotopic (exact) mass is 255 g/mol. The molecular formula is C13H18ClNO2. The minimum atomic E-state index is -0.116. The van der Waals surface area contributed by atoms with E-state index in [1.54, 1.807) is 18.2 Å². The molecule has 0 radical (unpaired) electrons. The summed E-state index contributed by atoms with van der Waals surface area (Å²) >= 11 is 5.96. The molecule has 1 atom stereocenters. The second kappa shape index (κ2) is 6.62. The van der Waals surface area contributed by atoms with E-state index in [9.17, 15) is 4.79 Å². The SMILES string of the molecule is Cc1c(Cl)cccc1C(=O)NCC(C)CCO. The zero-order valence-corrected chi connectivity index (χ0v) is 10.9. The van der Waals surface area contributed by atoms with E-state index >= 15 is 0 Å². The summed E-state index contributed by atoms with van der Waals surface area (Å²) in [5.74, 6) is 0.151. The first kappa shape index (κ1) is 14.0. The highest BCUT2D eigenvalue weighted by atomic mass is 35.5. The summed E-state index contributed by atoms with van der Waals surface area (Å²) in [6.07, 6.45) is 0.689. The van der Waals surface area contributed by atoms with Crippen molar-refractivity contribution in [3.8, 4) is 0 Å². The van der Waals surface area contributed by atoms with Crippen LogP contribution in [0.5, 0.6) is 0 Å². The number of halogens is 1. The molecule has 0 bridgehead atoms. The molecule has 0 fully saturated rings. The normalized spacial score (nSPS) is 12.2. The summed E-state index contributed by atoms with van der Waals surface area (Å²) in [6, 6.07) is 5.29. The van der Waals surface area contributed by atoms with Crippen molar-refractivity contribution in [3.05, 3.63) is 34.3 Å². The van der Waals surface area contributed by atoms with E-state index in [2.05, 4.69) is 5.32 Å². The minimum absolute atomic E-state index is 0.116. The Bertz CT molecular complexity index is 393. The van der Waals surface area contributed by atoms with Crippen molar-refractivity contribution in [3.63, 3.8) is 0 Å². The fourth-order valence-electron chi connectivity index (χ4n) is 1.54. The Balaban J connectivity index is 2.61. The van der Waals surface area contributed by atoms with Crippen molar-refractivity contribution >= 4 is 17.5 Å². The van der Waals surface area contributed by atoms with Gasteiger partial charge in [-0.3, -0.25) is 4.79 Å². The third-order valence-electron chi connectivity index (χ3n) is 2.75. The first-order chi connectivity index (χ1) is 8.06. The van der Waals surface area contributed by atoms with Crippen LogP contribution >= 0.6 is 11.6 Å². The maximum Gasteiger partial charge on any atom is 0.251 e. The number of rotatable bonds is 5. The van der Waals surface area contributed by atoms with Crippen LogP contribution < -0.4 is 5.32 Å². The highest BCUT2D eigenvalue weighted by Gasteiger charge is 2.11. The first-order valence-electron chi connectivity index (χ1n) is 5.70. The van der Waals surface area contributed by atoms with E-state index in [-0.39, 0.29) is 18.4 Å². The van der Waals surface area contributed by atoms with Crippen molar-refractivity contribution in [1.82, 2.24) is 5.32 Å². The molecule has 17 heavy (non-hydrogen) atoms. The predicted octanol–water partition coefficient (Wildman–Crippen LogP) is 2.40. The molecule has 0 aliphatic rings. The molecule has 3 nitrogen and oxygen atoms in total. The summed E-state index contributed by atoms with van der Waals surface area (Å²) in [5, 5.41) is 12.2. The van der Waals surface area contributed by atoms with E-state index in [4.69, 9.17) is 16.7 Å². The third kappa shape index (κ3) is 4.02. The van der Waals surface area contributed by atoms with Gasteiger partial charge in [0, 0.05) is 23.7 Å². The lowest BCUT2D eigenvalue weighted by molar-refractivity contribution is 0.0945. The lowest BCUT2D eigenvalue weighted by Gasteiger charge is -2.12. The summed E-state index contributed by atoms with van der Waals surface area (Å²) in [5.41, 5.74) is 1.40. The van der Waals surface area contributed by atoms with Crippen molar-refractivity contribution in [2.24, 2.45) is 5.92 Å². The topological polar surface area (TPSA) is 49.3 Å². The lowest BCUT2D eigenvalue weighted by atomic mass is 10.1. The van der Waals surface area contributed by atoms with Gasteiger partial charge in [0.05, 0.1) is 0 Å². The molecule has 1 rings (SSSR count). The van der Waals surface area contributed by atoms with Crippen LogP contribution in [0.3, 0.4) is 0 Å². The van der Waals surface area contributed by atoms with E-state index in [1.165, 1.54) is 0 Å². The van der Waals surface area contributed by atoms with Gasteiger partial charge in [-0.25, -0.2) is 0 Å². The summed E-state index contributed by atoms with van der Waals surface area (Å²) in [7, 11) is 0. The second-order valence-electron chi connectivity index (χ2n) is 4.24. The zero-order valence-electron chi connectivity index (χ0n) is 10.2. The lowest BCUT2D eigenvalue weighted by Crippen LogP contribution is -2.29. The number of aliphatic hydroxyl groups is 1. The number of hydrogen-bond acceptors (Lipinski definition) is 2. The Morgan fingerprint density at radius 3 is 2.88 bits per heavy atom. The Labute approximate surface area is 107 Å². The van der Waals surface area contributed by atoms with Gasteiger partial charge >= 0.3 is 0 Å². The summed E-state index contributed by atoms with van der Waals surface area (Å²) in [4.78, 5) is 11.9. The molecule has 0 spiro atoms. The third-order valence-corrected chi connectivity index (χ3v) is 3.15. The van der Waals surface area contributed by atoms with Crippen molar-refractivity contribution in [1.29, 1.82) is 0 Å². The molecular weight excluding hydrogens is 238 g/mol. The number of hydrogen-bond donors (Lipinski definition) is 2. The molecule has 94 valence electrons. The van der Waals surface area contributed by atoms with Gasteiger partial charge in [-0.2, -0.15) is 0 Å². The largest absolute Gasteiger partial charge is 0.396 e. The number of benzene rings is 1. The van der Waals surface area contributed by atoms with Gasteiger partial charge < -0.3 is 10.4 Å². The molecule has 1 unspecified atom stereocenters. The van der Waals surface area contributed by atoms with Crippen LogP contribution in [0.25, 0.3) is 0 Å². The van der Waals surface area contributed by atoms with Crippen LogP contribution in [0.2, 0.25) is 5.02 Å². The van der Waals surface area contributed by atoms with Crippen LogP contribution in [-0.4, -0.2) is 24.2 Å². The molecule has 0 aliphatic carbocycles. The fraction of sp³-hybridized carbons (Fsp3) is 0.462. The van der Waals surface area contributed by atoms with Gasteiger partial charge in [0.15, 0.2) is 0 Å². The summed E-state index contributed by atoms with van der Waals surface area (Å²) in [6.45, 7) is 4.52. The molecule has 0 aromatic heterocycles. The van der Waals surface area contributed by atoms with Crippen LogP contribution in [0, 0.1) is 12.8 Å². The smallest absolute Gasteiger partial charge is 0.251 e. The molecule has 0 heterocycles. The highest BCUT2D eigenvalue weighted by molar-refractivity contribution is 6.31. The Morgan fingerprint density at radius 1 is 1.53 bits per heavy atom. The van der Waals surface area contributed by atoms with Crippen molar-refractivity contribution in [2.45, 2.75) is 20.3 Å². The minimum Gasteiger partial charge on any atom is -0.396 e. The van der Waals surface area contributed by atoms with E-state index in [0.717, 1.165) is 5.56 Å². The Morgan fingerprint density at radius 2 is 2.24 bits per heavy atom. The average Bonchev–Trinajstić information content (AvgIpc) is 2.30. The maximum atomic E-state index is 11.9. The predicted molar refractivity (Wildman–Crippen MR) is 69.4 cm³/mol. The number of carbonyl (C=O) groups excluding carboxylic acids is 1. The molecule has 0 saturated heterocycles. The molecule has 1 aromatic carbocycles. The van der Waals surface area contributed by atoms with Crippen LogP contribution in [0.1, 0.15) is 29.3 Å². The number of aliphatic hydroxyl groups excluding tert-OH is 1. The maximum absolute atomic E-state index is 11.9. The quantitative estimate of drug-likeness (QED) is 0.849. The van der Waals surface area contributed by atoms with E-state index in [0.29, 0.717) is 23.6 Å². The highest BCUT2D eigenvalue weighted by Crippen LogP contribution is 2.18. The van der Waals surface area contributed by atoms with Gasteiger partial charge in [-0.05, 0) is 37.0 Å². The average molecular weight is 256 g/mol. The standard InChI is InChI=1S/C13H18ClNO2/c1-9(6-7-16)8-15-13(17)11-4-3-5-12(14)10(11)2/h3-5,9,16H,6-8H2,1-2H3,(H,15,17). The van der Waals surface area contributed by atoms with Gasteiger partial charge in [-0.1, -0.05) is 24.6 Å². The molecule has 0 saturated carbocycles. The number of amides is 1. The molecule has 2 N–H and O–H groups in total. The van der Waals surface area contributed by atoms with Gasteiger partial charge in [-0.15, -0.1) is 0 Å². The first-order valence-corrected chi connectivity index (χ1v) is 6.08. The molecule has 1 aromatic rings. The van der Waals surface area contributed by atoms with Crippen molar-refractivity contribution in [2.75, 3.05) is 13.2 Å². The van der Waals surface area contributed by atoms with Gasteiger partial charge in [0.1, 0.15) is 0 Å². The van der Waals surface area contributed by atoms with Crippen LogP contribution in [-0.2, 0) is 0 Å². The van der Waals surface area contributed by atoms with Gasteiger partial charge in [0.25, 0.3) is 5.91 Å². The molecule has 1 amide bonds. The number of carbonyl (C=O) groups is 1. The molecule has 4 heteroatoms. The second-order valence-corrected chi connectivity index (χ2v) is 4.65. The van der Waals surface area contributed by atoms with Crippen LogP contribution in [0.4, 0.5) is 0 Å². The van der Waals surface area contributed by atoms with E-state index < -0.39 is 0 Å². The Kier molecular flexibility index (Phi) is 5.45. The fourth-order valence-corrected chi connectivity index (χ4v) is 1.71. The number of nitrogens with one attached hydrogen (secondary N) is 1. The summed E-state index contributed by atoms with van der Waals surface area (Å²) < 4.78 is 0. The Hall–Kier alpha value is -1.06. The van der Waals surface area contributed by atoms with Crippen LogP contribution in [0.15, 0.2) is 18.2 Å². The zero-order chi connectivity index (χ0) is 12.8. The van der Waals surface area contributed by atoms with Gasteiger partial charge in [0.2, 0.25) is 0 Å². The van der Waals surface area contributed by atoms with E-state index in [1.807, 2.05) is 13.8 Å². The molecule has 0 aliphatic heterocycles.